The van der Waals surface area contributed by atoms with Crippen LogP contribution in [0.2, 0.25) is 0 Å². The highest BCUT2D eigenvalue weighted by Gasteiger charge is 2.26. The normalized spacial score (nSPS) is 15.7. The van der Waals surface area contributed by atoms with Crippen LogP contribution < -0.4 is 5.73 Å². The zero-order valence-electron chi connectivity index (χ0n) is 15.5. The molecule has 4 rings (SSSR count). The number of primary amides is 1. The molecule has 0 bridgehead atoms. The van der Waals surface area contributed by atoms with Crippen molar-refractivity contribution >= 4 is 16.9 Å². The molecule has 1 aliphatic heterocycles. The van der Waals surface area contributed by atoms with Gasteiger partial charge in [-0.15, -0.1) is 0 Å². The maximum absolute atomic E-state index is 11.2. The average Bonchev–Trinajstić information content (AvgIpc) is 2.95. The molecular weight excluding hydrogens is 342 g/mol. The Balaban J connectivity index is 1.73. The summed E-state index contributed by atoms with van der Waals surface area (Å²) in [5, 5.41) is 12.1. The van der Waals surface area contributed by atoms with Gasteiger partial charge in [-0.05, 0) is 42.8 Å². The van der Waals surface area contributed by atoms with E-state index in [1.54, 1.807) is 18.3 Å². The molecule has 1 aliphatic rings. The van der Waals surface area contributed by atoms with E-state index < -0.39 is 12.1 Å². The second-order valence-electron chi connectivity index (χ2n) is 7.27. The molecule has 0 spiro atoms. The Hall–Kier alpha value is -2.77. The molecule has 0 fully saturated rings. The van der Waals surface area contributed by atoms with E-state index in [0.717, 1.165) is 47.4 Å². The van der Waals surface area contributed by atoms with Crippen molar-refractivity contribution in [2.24, 2.45) is 5.73 Å². The monoisotopic (exact) mass is 365 g/mol. The first-order valence-corrected chi connectivity index (χ1v) is 9.03. The van der Waals surface area contributed by atoms with Crippen molar-refractivity contribution in [2.75, 3.05) is 13.6 Å². The summed E-state index contributed by atoms with van der Waals surface area (Å²) in [5.74, 6) is -0.559. The van der Waals surface area contributed by atoms with Crippen molar-refractivity contribution < 1.29 is 9.90 Å². The number of aromatic nitrogens is 3. The Labute approximate surface area is 157 Å². The minimum atomic E-state index is -0.754. The van der Waals surface area contributed by atoms with Gasteiger partial charge < -0.3 is 20.3 Å². The molecule has 0 saturated carbocycles. The molecule has 0 aromatic carbocycles. The quantitative estimate of drug-likeness (QED) is 0.731. The van der Waals surface area contributed by atoms with E-state index in [1.165, 1.54) is 5.56 Å². The van der Waals surface area contributed by atoms with Crippen molar-refractivity contribution in [3.05, 3.63) is 58.7 Å². The van der Waals surface area contributed by atoms with Crippen LogP contribution in [0.5, 0.6) is 0 Å². The summed E-state index contributed by atoms with van der Waals surface area (Å²) in [6.45, 7) is 3.83. The van der Waals surface area contributed by atoms with Crippen molar-refractivity contribution in [3.8, 4) is 0 Å². The first kappa shape index (κ1) is 17.6. The Bertz CT molecular complexity index is 1010. The van der Waals surface area contributed by atoms with Gasteiger partial charge >= 0.3 is 0 Å². The van der Waals surface area contributed by atoms with Crippen molar-refractivity contribution in [2.45, 2.75) is 32.5 Å². The molecule has 0 saturated heterocycles. The van der Waals surface area contributed by atoms with Crippen LogP contribution in [0.15, 0.2) is 30.6 Å². The van der Waals surface area contributed by atoms with E-state index in [2.05, 4.69) is 28.0 Å². The molecule has 1 amide bonds. The first-order chi connectivity index (χ1) is 12.9. The zero-order valence-corrected chi connectivity index (χ0v) is 15.5. The van der Waals surface area contributed by atoms with Crippen LogP contribution >= 0.6 is 0 Å². The topological polar surface area (TPSA) is 97.3 Å². The molecule has 7 heteroatoms. The number of amides is 1. The Morgan fingerprint density at radius 3 is 2.85 bits per heavy atom. The number of nitrogens with two attached hydrogens (primary N) is 1. The summed E-state index contributed by atoms with van der Waals surface area (Å²) >= 11 is 0. The predicted molar refractivity (Wildman–Crippen MR) is 102 cm³/mol. The lowest BCUT2D eigenvalue weighted by Crippen LogP contribution is -2.28. The fourth-order valence-electron chi connectivity index (χ4n) is 3.81. The van der Waals surface area contributed by atoms with Crippen molar-refractivity contribution in [3.63, 3.8) is 0 Å². The summed E-state index contributed by atoms with van der Waals surface area (Å²) in [6.07, 6.45) is 3.93. The largest absolute Gasteiger partial charge is 0.373 e. The lowest BCUT2D eigenvalue weighted by atomic mass is 10.0. The van der Waals surface area contributed by atoms with Gasteiger partial charge in [0.2, 0.25) is 0 Å². The summed E-state index contributed by atoms with van der Waals surface area (Å²) in [4.78, 5) is 22.1. The van der Waals surface area contributed by atoms with Gasteiger partial charge in [-0.1, -0.05) is 6.07 Å². The lowest BCUT2D eigenvalue weighted by Gasteiger charge is -2.25. The second kappa shape index (κ2) is 6.75. The number of pyridine rings is 2. The molecule has 0 radical (unpaired) electrons. The molecule has 1 atom stereocenters. The number of likely N-dealkylation sites (N-methyl/N-ethyl adjacent to an activating group) is 1. The SMILES string of the molecule is Cc1cnc2c(c1)c1c(n2C(O)Cc2ccc(C(N)=O)nc2)CCN(C)C1. The van der Waals surface area contributed by atoms with Gasteiger partial charge in [0.25, 0.3) is 5.91 Å². The summed E-state index contributed by atoms with van der Waals surface area (Å²) in [6, 6.07) is 5.51. The highest BCUT2D eigenvalue weighted by atomic mass is 16.3. The number of rotatable bonds is 4. The smallest absolute Gasteiger partial charge is 0.267 e. The van der Waals surface area contributed by atoms with Crippen molar-refractivity contribution in [1.82, 2.24) is 19.4 Å². The number of hydrogen-bond acceptors (Lipinski definition) is 5. The van der Waals surface area contributed by atoms with Crippen LogP contribution in [0, 0.1) is 6.92 Å². The Kier molecular flexibility index (Phi) is 4.41. The zero-order chi connectivity index (χ0) is 19.1. The van der Waals surface area contributed by atoms with Gasteiger partial charge in [-0.2, -0.15) is 0 Å². The highest BCUT2D eigenvalue weighted by molar-refractivity contribution is 5.90. The number of fused-ring (bicyclic) bond motifs is 3. The third kappa shape index (κ3) is 3.20. The van der Waals surface area contributed by atoms with E-state index in [9.17, 15) is 9.90 Å². The number of carbonyl (C=O) groups excluding carboxylic acids is 1. The first-order valence-electron chi connectivity index (χ1n) is 9.03. The minimum absolute atomic E-state index is 0.220. The van der Waals surface area contributed by atoms with Gasteiger partial charge in [-0.25, -0.2) is 4.98 Å². The van der Waals surface area contributed by atoms with Crippen LogP contribution in [-0.2, 0) is 19.4 Å². The fourth-order valence-corrected chi connectivity index (χ4v) is 3.81. The number of nitrogens with zero attached hydrogens (tertiary/aromatic N) is 4. The third-order valence-corrected chi connectivity index (χ3v) is 5.15. The van der Waals surface area contributed by atoms with Gasteiger partial charge in [-0.3, -0.25) is 9.78 Å². The molecule has 3 aromatic heterocycles. The number of aryl methyl sites for hydroxylation is 1. The molecule has 4 heterocycles. The number of aliphatic hydroxyl groups is 1. The van der Waals surface area contributed by atoms with Gasteiger partial charge in [0.1, 0.15) is 17.6 Å². The Morgan fingerprint density at radius 2 is 2.15 bits per heavy atom. The lowest BCUT2D eigenvalue weighted by molar-refractivity contribution is 0.0995. The van der Waals surface area contributed by atoms with Crippen LogP contribution in [0.3, 0.4) is 0 Å². The molecule has 7 nitrogen and oxygen atoms in total. The van der Waals surface area contributed by atoms with Gasteiger partial charge in [0.15, 0.2) is 0 Å². The Morgan fingerprint density at radius 1 is 1.33 bits per heavy atom. The minimum Gasteiger partial charge on any atom is -0.373 e. The fraction of sp³-hybridized carbons (Fsp3) is 0.350. The molecule has 1 unspecified atom stereocenters. The third-order valence-electron chi connectivity index (χ3n) is 5.15. The van der Waals surface area contributed by atoms with E-state index in [1.807, 2.05) is 17.7 Å². The van der Waals surface area contributed by atoms with Gasteiger partial charge in [0, 0.05) is 49.4 Å². The van der Waals surface area contributed by atoms with Crippen LogP contribution in [0.25, 0.3) is 11.0 Å². The van der Waals surface area contributed by atoms with E-state index in [4.69, 9.17) is 5.73 Å². The maximum Gasteiger partial charge on any atom is 0.267 e. The predicted octanol–water partition coefficient (Wildman–Crippen LogP) is 1.56. The molecular formula is C20H23N5O2. The van der Waals surface area contributed by atoms with Crippen LogP contribution in [-0.4, -0.2) is 44.0 Å². The molecule has 140 valence electrons. The van der Waals surface area contributed by atoms with Gasteiger partial charge in [0.05, 0.1) is 0 Å². The summed E-state index contributed by atoms with van der Waals surface area (Å²) in [7, 11) is 2.11. The van der Waals surface area contributed by atoms with Crippen LogP contribution in [0.1, 0.15) is 39.1 Å². The maximum atomic E-state index is 11.2. The molecule has 27 heavy (non-hydrogen) atoms. The molecule has 3 aromatic rings. The summed E-state index contributed by atoms with van der Waals surface area (Å²) in [5.41, 5.74) is 10.6. The van der Waals surface area contributed by atoms with Crippen LogP contribution in [0.4, 0.5) is 0 Å². The molecule has 0 aliphatic carbocycles. The van der Waals surface area contributed by atoms with E-state index in [0.29, 0.717) is 6.42 Å². The average molecular weight is 365 g/mol. The number of aliphatic hydroxyl groups excluding tert-OH is 1. The van der Waals surface area contributed by atoms with E-state index >= 15 is 0 Å². The summed E-state index contributed by atoms with van der Waals surface area (Å²) < 4.78 is 1.96. The number of hydrogen-bond donors (Lipinski definition) is 2. The second-order valence-corrected chi connectivity index (χ2v) is 7.27. The standard InChI is InChI=1S/C20H23N5O2/c1-12-7-14-15-11-24(2)6-5-17(15)25(20(14)23-9-12)18(26)8-13-3-4-16(19(21)27)22-10-13/h3-4,7,9-10,18,26H,5-6,8,11H2,1-2H3,(H2,21,27). The van der Waals surface area contributed by atoms with Crippen molar-refractivity contribution in [1.29, 1.82) is 0 Å². The van der Waals surface area contributed by atoms with E-state index in [-0.39, 0.29) is 5.69 Å². The molecule has 3 N–H and O–H groups in total. The number of carbonyl (C=O) groups is 1. The highest BCUT2D eigenvalue weighted by Crippen LogP contribution is 2.32.